The van der Waals surface area contributed by atoms with Gasteiger partial charge in [0.15, 0.2) is 0 Å². The van der Waals surface area contributed by atoms with Gasteiger partial charge in [0.25, 0.3) is 0 Å². The quantitative estimate of drug-likeness (QED) is 0.642. The van der Waals surface area contributed by atoms with Crippen molar-refractivity contribution in [3.63, 3.8) is 0 Å². The lowest BCUT2D eigenvalue weighted by Crippen LogP contribution is -2.24. The average molecular weight is 168 g/mol. The maximum Gasteiger partial charge on any atom is 0.0568 e. The number of rotatable bonds is 3. The molecular weight excluding hydrogens is 148 g/mol. The normalized spacial score (nSPS) is 30.2. The summed E-state index contributed by atoms with van der Waals surface area (Å²) in [7, 11) is 0. The molecule has 1 nitrogen and oxygen atoms in total. The number of aliphatic hydroxyl groups excluding tert-OH is 1. The summed E-state index contributed by atoms with van der Waals surface area (Å²) < 4.78 is 0. The van der Waals surface area contributed by atoms with Gasteiger partial charge in [-0.25, -0.2) is 0 Å². The van der Waals surface area contributed by atoms with Crippen molar-refractivity contribution in [2.45, 2.75) is 51.6 Å². The molecule has 1 fully saturated rings. The molecule has 70 valence electrons. The van der Waals surface area contributed by atoms with Gasteiger partial charge in [-0.05, 0) is 38.5 Å². The molecule has 1 aliphatic carbocycles. The molecule has 2 unspecified atom stereocenters. The molecule has 0 aromatic heterocycles. The first-order valence-electron chi connectivity index (χ1n) is 5.02. The lowest BCUT2D eigenvalue weighted by molar-refractivity contribution is 0.0655. The van der Waals surface area contributed by atoms with Crippen LogP contribution in [0, 0.1) is 5.92 Å². The highest BCUT2D eigenvalue weighted by molar-refractivity contribution is 4.89. The van der Waals surface area contributed by atoms with Crippen molar-refractivity contribution in [3.8, 4) is 0 Å². The van der Waals surface area contributed by atoms with E-state index in [0.717, 1.165) is 19.3 Å². The lowest BCUT2D eigenvalue weighted by Gasteiger charge is -2.27. The highest BCUT2D eigenvalue weighted by Gasteiger charge is 2.21. The summed E-state index contributed by atoms with van der Waals surface area (Å²) >= 11 is 0. The van der Waals surface area contributed by atoms with Crippen molar-refractivity contribution in [1.29, 1.82) is 0 Å². The molecule has 1 heteroatoms. The smallest absolute Gasteiger partial charge is 0.0568 e. The van der Waals surface area contributed by atoms with Crippen molar-refractivity contribution >= 4 is 0 Å². The molecule has 0 aromatic carbocycles. The van der Waals surface area contributed by atoms with Crippen molar-refractivity contribution in [1.82, 2.24) is 0 Å². The molecule has 0 amide bonds. The van der Waals surface area contributed by atoms with Crippen LogP contribution in [0.1, 0.15) is 45.4 Å². The number of hydrogen-bond acceptors (Lipinski definition) is 1. The van der Waals surface area contributed by atoms with E-state index in [4.69, 9.17) is 0 Å². The topological polar surface area (TPSA) is 20.2 Å². The van der Waals surface area contributed by atoms with Gasteiger partial charge < -0.3 is 5.11 Å². The van der Waals surface area contributed by atoms with Crippen LogP contribution >= 0.6 is 0 Å². The summed E-state index contributed by atoms with van der Waals surface area (Å²) in [5.74, 6) is 0.551. The van der Waals surface area contributed by atoms with Gasteiger partial charge in [0.05, 0.1) is 6.10 Å². The van der Waals surface area contributed by atoms with Crippen LogP contribution in [0.15, 0.2) is 12.2 Å². The molecular formula is C11H20O. The van der Waals surface area contributed by atoms with Crippen LogP contribution in [0.5, 0.6) is 0 Å². The molecule has 1 saturated carbocycles. The third-order valence-corrected chi connectivity index (χ3v) is 2.81. The summed E-state index contributed by atoms with van der Waals surface area (Å²) in [5, 5.41) is 9.65. The standard InChI is InChI=1S/C11H20O/c1-9(2)7-8-10-5-3-4-6-11(10)12/h10-12H,1,3-8H2,2H3. The van der Waals surface area contributed by atoms with E-state index in [1.165, 1.54) is 24.8 Å². The Morgan fingerprint density at radius 3 is 2.67 bits per heavy atom. The number of aliphatic hydroxyl groups is 1. The first-order chi connectivity index (χ1) is 5.70. The highest BCUT2D eigenvalue weighted by atomic mass is 16.3. The molecule has 12 heavy (non-hydrogen) atoms. The molecule has 0 heterocycles. The summed E-state index contributed by atoms with van der Waals surface area (Å²) in [6.45, 7) is 5.95. The Morgan fingerprint density at radius 2 is 2.08 bits per heavy atom. The predicted octanol–water partition coefficient (Wildman–Crippen LogP) is 2.89. The van der Waals surface area contributed by atoms with Crippen LogP contribution in [0.25, 0.3) is 0 Å². The second-order valence-electron chi connectivity index (χ2n) is 4.11. The number of hydrogen-bond donors (Lipinski definition) is 1. The fourth-order valence-corrected chi connectivity index (χ4v) is 1.96. The Labute approximate surface area is 75.5 Å². The van der Waals surface area contributed by atoms with E-state index in [0.29, 0.717) is 5.92 Å². The second-order valence-corrected chi connectivity index (χ2v) is 4.11. The summed E-state index contributed by atoms with van der Waals surface area (Å²) in [6.07, 6.45) is 6.94. The van der Waals surface area contributed by atoms with E-state index in [1.54, 1.807) is 0 Å². The predicted molar refractivity (Wildman–Crippen MR) is 52.0 cm³/mol. The maximum absolute atomic E-state index is 9.65. The maximum atomic E-state index is 9.65. The summed E-state index contributed by atoms with van der Waals surface area (Å²) in [5.41, 5.74) is 1.24. The largest absolute Gasteiger partial charge is 0.393 e. The van der Waals surface area contributed by atoms with Crippen LogP contribution in [0.2, 0.25) is 0 Å². The minimum Gasteiger partial charge on any atom is -0.393 e. The molecule has 0 bridgehead atoms. The van der Waals surface area contributed by atoms with E-state index in [-0.39, 0.29) is 6.10 Å². The zero-order valence-electron chi connectivity index (χ0n) is 8.05. The zero-order chi connectivity index (χ0) is 8.97. The summed E-state index contributed by atoms with van der Waals surface area (Å²) in [4.78, 5) is 0. The van der Waals surface area contributed by atoms with Gasteiger partial charge in [-0.2, -0.15) is 0 Å². The molecule has 2 atom stereocenters. The third-order valence-electron chi connectivity index (χ3n) is 2.81. The molecule has 0 aromatic rings. The van der Waals surface area contributed by atoms with E-state index in [9.17, 15) is 5.11 Å². The SMILES string of the molecule is C=C(C)CCC1CCCCC1O. The Balaban J connectivity index is 2.24. The first kappa shape index (κ1) is 9.79. The van der Waals surface area contributed by atoms with Gasteiger partial charge in [-0.15, -0.1) is 6.58 Å². The minimum atomic E-state index is -0.0295. The Morgan fingerprint density at radius 1 is 1.42 bits per heavy atom. The molecule has 1 aliphatic rings. The van der Waals surface area contributed by atoms with Crippen LogP contribution in [-0.2, 0) is 0 Å². The van der Waals surface area contributed by atoms with Crippen molar-refractivity contribution in [2.24, 2.45) is 5.92 Å². The van der Waals surface area contributed by atoms with Crippen LogP contribution < -0.4 is 0 Å². The fourth-order valence-electron chi connectivity index (χ4n) is 1.96. The van der Waals surface area contributed by atoms with Crippen LogP contribution in [0.3, 0.4) is 0 Å². The molecule has 0 radical (unpaired) electrons. The minimum absolute atomic E-state index is 0.0295. The zero-order valence-corrected chi connectivity index (χ0v) is 8.05. The Hall–Kier alpha value is -0.300. The number of allylic oxidation sites excluding steroid dienone is 1. The lowest BCUT2D eigenvalue weighted by atomic mass is 9.83. The molecule has 0 spiro atoms. The van der Waals surface area contributed by atoms with Crippen LogP contribution in [0.4, 0.5) is 0 Å². The van der Waals surface area contributed by atoms with Gasteiger partial charge in [0.2, 0.25) is 0 Å². The Bertz CT molecular complexity index is 151. The fraction of sp³-hybridized carbons (Fsp3) is 0.818. The van der Waals surface area contributed by atoms with Gasteiger partial charge >= 0.3 is 0 Å². The molecule has 1 rings (SSSR count). The van der Waals surface area contributed by atoms with E-state index >= 15 is 0 Å². The van der Waals surface area contributed by atoms with Crippen molar-refractivity contribution < 1.29 is 5.11 Å². The van der Waals surface area contributed by atoms with Gasteiger partial charge in [-0.3, -0.25) is 0 Å². The summed E-state index contributed by atoms with van der Waals surface area (Å²) in [6, 6.07) is 0. The van der Waals surface area contributed by atoms with Gasteiger partial charge in [0.1, 0.15) is 0 Å². The second kappa shape index (κ2) is 4.66. The van der Waals surface area contributed by atoms with Crippen LogP contribution in [-0.4, -0.2) is 11.2 Å². The third kappa shape index (κ3) is 2.98. The molecule has 0 saturated heterocycles. The van der Waals surface area contributed by atoms with Crippen molar-refractivity contribution in [2.75, 3.05) is 0 Å². The Kier molecular flexibility index (Phi) is 3.80. The van der Waals surface area contributed by atoms with E-state index < -0.39 is 0 Å². The van der Waals surface area contributed by atoms with E-state index in [2.05, 4.69) is 13.5 Å². The van der Waals surface area contributed by atoms with Crippen molar-refractivity contribution in [3.05, 3.63) is 12.2 Å². The first-order valence-corrected chi connectivity index (χ1v) is 5.02. The highest BCUT2D eigenvalue weighted by Crippen LogP contribution is 2.28. The van der Waals surface area contributed by atoms with E-state index in [1.807, 2.05) is 0 Å². The van der Waals surface area contributed by atoms with Gasteiger partial charge in [0, 0.05) is 0 Å². The monoisotopic (exact) mass is 168 g/mol. The van der Waals surface area contributed by atoms with Gasteiger partial charge in [-0.1, -0.05) is 18.4 Å². The molecule has 1 N–H and O–H groups in total. The molecule has 0 aliphatic heterocycles. The average Bonchev–Trinajstić information content (AvgIpc) is 2.03.